The Balaban J connectivity index is 1.67. The predicted octanol–water partition coefficient (Wildman–Crippen LogP) is 4.70. The van der Waals surface area contributed by atoms with Crippen molar-refractivity contribution in [3.05, 3.63) is 65.7 Å². The van der Waals surface area contributed by atoms with Crippen molar-refractivity contribution in [2.24, 2.45) is 5.73 Å². The molecule has 0 radical (unpaired) electrons. The summed E-state index contributed by atoms with van der Waals surface area (Å²) in [6.45, 7) is 0.191. The first-order valence-corrected chi connectivity index (χ1v) is 12.0. The van der Waals surface area contributed by atoms with Crippen LogP contribution in [0.15, 0.2) is 54.6 Å². The van der Waals surface area contributed by atoms with Gasteiger partial charge < -0.3 is 24.8 Å². The molecule has 7 heteroatoms. The summed E-state index contributed by atoms with van der Waals surface area (Å²) in [4.78, 5) is 27.1. The van der Waals surface area contributed by atoms with Gasteiger partial charge in [0.1, 0.15) is 5.75 Å². The molecule has 0 heterocycles. The number of hydrogen-bond donors (Lipinski definition) is 1. The highest BCUT2D eigenvalue weighted by molar-refractivity contribution is 6.01. The maximum Gasteiger partial charge on any atom is 0.258 e. The number of amides is 2. The number of methoxy groups -OCH3 is 2. The lowest BCUT2D eigenvalue weighted by Crippen LogP contribution is -2.41. The van der Waals surface area contributed by atoms with Gasteiger partial charge in [0.15, 0.2) is 18.1 Å². The summed E-state index contributed by atoms with van der Waals surface area (Å²) in [5.41, 5.74) is 6.67. The maximum absolute atomic E-state index is 14.0. The molecule has 1 fully saturated rings. The van der Waals surface area contributed by atoms with E-state index in [0.29, 0.717) is 29.4 Å². The van der Waals surface area contributed by atoms with Gasteiger partial charge >= 0.3 is 0 Å². The summed E-state index contributed by atoms with van der Waals surface area (Å²) in [6.07, 6.45) is 5.34. The van der Waals surface area contributed by atoms with Crippen molar-refractivity contribution in [3.8, 4) is 17.2 Å². The van der Waals surface area contributed by atoms with E-state index in [1.807, 2.05) is 53.4 Å². The van der Waals surface area contributed by atoms with Crippen LogP contribution in [-0.4, -0.2) is 43.6 Å². The first-order valence-electron chi connectivity index (χ1n) is 12.0. The Morgan fingerprint density at radius 2 is 1.57 bits per heavy atom. The van der Waals surface area contributed by atoms with Crippen LogP contribution < -0.4 is 19.9 Å². The molecule has 3 aromatic rings. The minimum Gasteiger partial charge on any atom is -0.496 e. The Bertz CT molecular complexity index is 1200. The molecule has 0 atom stereocenters. The number of fused-ring (bicyclic) bond motifs is 1. The van der Waals surface area contributed by atoms with Gasteiger partial charge in [0.25, 0.3) is 11.8 Å². The summed E-state index contributed by atoms with van der Waals surface area (Å²) in [5.74, 6) is 0.884. The Kier molecular flexibility index (Phi) is 7.75. The number of primary amides is 1. The molecule has 2 N–H and O–H groups in total. The van der Waals surface area contributed by atoms with Crippen molar-refractivity contribution >= 4 is 22.6 Å². The third-order valence-corrected chi connectivity index (χ3v) is 6.53. The van der Waals surface area contributed by atoms with Gasteiger partial charge in [0.2, 0.25) is 0 Å². The van der Waals surface area contributed by atoms with Crippen LogP contribution in [0, 0.1) is 0 Å². The van der Waals surface area contributed by atoms with Crippen LogP contribution >= 0.6 is 0 Å². The SMILES string of the molecule is COc1cc(CN(C(=O)c2cc3ccccc3cc2OC)C2CCCCC2)ccc1OCC(N)=O. The molecular formula is C28H32N2O5. The van der Waals surface area contributed by atoms with Gasteiger partial charge in [-0.3, -0.25) is 9.59 Å². The third kappa shape index (κ3) is 5.67. The Morgan fingerprint density at radius 1 is 0.886 bits per heavy atom. The van der Waals surface area contributed by atoms with E-state index in [9.17, 15) is 9.59 Å². The molecule has 0 bridgehead atoms. The first-order chi connectivity index (χ1) is 17.0. The topological polar surface area (TPSA) is 91.1 Å². The number of nitrogens with zero attached hydrogens (tertiary/aromatic N) is 1. The van der Waals surface area contributed by atoms with E-state index in [0.717, 1.165) is 42.0 Å². The van der Waals surface area contributed by atoms with Crippen LogP contribution in [0.4, 0.5) is 0 Å². The number of carbonyl (C=O) groups excluding carboxylic acids is 2. The van der Waals surface area contributed by atoms with Crippen molar-refractivity contribution in [3.63, 3.8) is 0 Å². The zero-order valence-electron chi connectivity index (χ0n) is 20.3. The Hall–Kier alpha value is -3.74. The van der Waals surface area contributed by atoms with Crippen molar-refractivity contribution in [2.75, 3.05) is 20.8 Å². The normalized spacial score (nSPS) is 13.9. The second-order valence-corrected chi connectivity index (χ2v) is 8.86. The van der Waals surface area contributed by atoms with E-state index in [-0.39, 0.29) is 18.6 Å². The molecule has 35 heavy (non-hydrogen) atoms. The van der Waals surface area contributed by atoms with Gasteiger partial charge in [-0.2, -0.15) is 0 Å². The standard InChI is InChI=1S/C28H32N2O5/c1-33-25-16-21-9-7-6-8-20(21)15-23(25)28(32)30(22-10-4-3-5-11-22)17-19-12-13-24(26(14-19)34-2)35-18-27(29)31/h6-9,12-16,22H,3-5,10-11,17-18H2,1-2H3,(H2,29,31). The van der Waals surface area contributed by atoms with Crippen LogP contribution in [0.1, 0.15) is 48.0 Å². The number of nitrogens with two attached hydrogens (primary N) is 1. The number of hydrogen-bond acceptors (Lipinski definition) is 5. The molecule has 1 aliphatic carbocycles. The minimum absolute atomic E-state index is 0.0486. The number of rotatable bonds is 9. The molecule has 4 rings (SSSR count). The van der Waals surface area contributed by atoms with Crippen molar-refractivity contribution in [1.29, 1.82) is 0 Å². The van der Waals surface area contributed by atoms with E-state index < -0.39 is 5.91 Å². The number of ether oxygens (including phenoxy) is 3. The highest BCUT2D eigenvalue weighted by Crippen LogP contribution is 2.33. The average molecular weight is 477 g/mol. The van der Waals surface area contributed by atoms with Gasteiger partial charge in [0.05, 0.1) is 19.8 Å². The van der Waals surface area contributed by atoms with Crippen LogP contribution in [0.25, 0.3) is 10.8 Å². The highest BCUT2D eigenvalue weighted by Gasteiger charge is 2.29. The Labute approximate surface area is 205 Å². The van der Waals surface area contributed by atoms with Crippen molar-refractivity contribution < 1.29 is 23.8 Å². The van der Waals surface area contributed by atoms with Gasteiger partial charge in [-0.25, -0.2) is 0 Å². The van der Waals surface area contributed by atoms with Crippen molar-refractivity contribution in [1.82, 2.24) is 4.90 Å². The molecular weight excluding hydrogens is 444 g/mol. The van der Waals surface area contributed by atoms with E-state index >= 15 is 0 Å². The lowest BCUT2D eigenvalue weighted by atomic mass is 9.93. The second kappa shape index (κ2) is 11.1. The largest absolute Gasteiger partial charge is 0.496 e. The fraction of sp³-hybridized carbons (Fsp3) is 0.357. The monoisotopic (exact) mass is 476 g/mol. The fourth-order valence-corrected chi connectivity index (χ4v) is 4.74. The lowest BCUT2D eigenvalue weighted by Gasteiger charge is -2.35. The molecule has 3 aromatic carbocycles. The summed E-state index contributed by atoms with van der Waals surface area (Å²) in [6, 6.07) is 17.4. The summed E-state index contributed by atoms with van der Waals surface area (Å²) >= 11 is 0. The molecule has 1 aliphatic rings. The zero-order chi connectivity index (χ0) is 24.8. The van der Waals surface area contributed by atoms with Gasteiger partial charge in [-0.1, -0.05) is 49.6 Å². The average Bonchev–Trinajstić information content (AvgIpc) is 2.90. The number of carbonyl (C=O) groups is 2. The quantitative estimate of drug-likeness (QED) is 0.484. The molecule has 0 spiro atoms. The molecule has 0 unspecified atom stereocenters. The number of benzene rings is 3. The predicted molar refractivity (Wildman–Crippen MR) is 135 cm³/mol. The summed E-state index contributed by atoms with van der Waals surface area (Å²) in [5, 5.41) is 2.03. The molecule has 184 valence electrons. The van der Waals surface area contributed by atoms with Crippen molar-refractivity contribution in [2.45, 2.75) is 44.7 Å². The molecule has 0 aromatic heterocycles. The van der Waals surface area contributed by atoms with Gasteiger partial charge in [-0.15, -0.1) is 0 Å². The van der Waals surface area contributed by atoms with Crippen LogP contribution in [0.3, 0.4) is 0 Å². The van der Waals surface area contributed by atoms with E-state index in [1.165, 1.54) is 6.42 Å². The fourth-order valence-electron chi connectivity index (χ4n) is 4.74. The molecule has 2 amide bonds. The second-order valence-electron chi connectivity index (χ2n) is 8.86. The minimum atomic E-state index is -0.561. The Morgan fingerprint density at radius 3 is 2.23 bits per heavy atom. The molecule has 7 nitrogen and oxygen atoms in total. The van der Waals surface area contributed by atoms with Crippen LogP contribution in [0.2, 0.25) is 0 Å². The third-order valence-electron chi connectivity index (χ3n) is 6.53. The highest BCUT2D eigenvalue weighted by atomic mass is 16.5. The molecule has 1 saturated carbocycles. The molecule has 0 saturated heterocycles. The maximum atomic E-state index is 14.0. The van der Waals surface area contributed by atoms with Gasteiger partial charge in [0, 0.05) is 12.6 Å². The molecule has 0 aliphatic heterocycles. The van der Waals surface area contributed by atoms with E-state index in [2.05, 4.69) is 0 Å². The smallest absolute Gasteiger partial charge is 0.258 e. The first kappa shape index (κ1) is 24.4. The van der Waals surface area contributed by atoms with Gasteiger partial charge in [-0.05, 0) is 53.4 Å². The lowest BCUT2D eigenvalue weighted by molar-refractivity contribution is -0.119. The van der Waals surface area contributed by atoms with Crippen LogP contribution in [-0.2, 0) is 11.3 Å². The van der Waals surface area contributed by atoms with E-state index in [4.69, 9.17) is 19.9 Å². The van der Waals surface area contributed by atoms with E-state index in [1.54, 1.807) is 20.3 Å². The summed E-state index contributed by atoms with van der Waals surface area (Å²) in [7, 11) is 3.14. The zero-order valence-corrected chi connectivity index (χ0v) is 20.3. The summed E-state index contributed by atoms with van der Waals surface area (Å²) < 4.78 is 16.6. The van der Waals surface area contributed by atoms with Crippen LogP contribution in [0.5, 0.6) is 17.2 Å².